The van der Waals surface area contributed by atoms with E-state index in [9.17, 15) is 14.9 Å². The van der Waals surface area contributed by atoms with E-state index in [1.807, 2.05) is 13.1 Å². The van der Waals surface area contributed by atoms with Crippen LogP contribution in [0.4, 0.5) is 5.82 Å². The van der Waals surface area contributed by atoms with Crippen molar-refractivity contribution in [3.8, 4) is 0 Å². The Morgan fingerprint density at radius 2 is 2.27 bits per heavy atom. The van der Waals surface area contributed by atoms with Gasteiger partial charge < -0.3 is 15.4 Å². The summed E-state index contributed by atoms with van der Waals surface area (Å²) in [5, 5.41) is 21.2. The maximum Gasteiger partial charge on any atom is 0.408 e. The zero-order valence-electron chi connectivity index (χ0n) is 12.1. The molecule has 2 aromatic rings. The molecule has 0 fully saturated rings. The molecule has 0 atom stereocenters. The number of hydrogen-bond acceptors (Lipinski definition) is 5. The fraction of sp³-hybridized carbons (Fsp3) is 0.417. The van der Waals surface area contributed by atoms with Crippen LogP contribution in [0.25, 0.3) is 0 Å². The molecule has 9 nitrogen and oxygen atoms in total. The van der Waals surface area contributed by atoms with Crippen molar-refractivity contribution in [3.05, 3.63) is 38.8 Å². The first-order valence-electron chi connectivity index (χ1n) is 6.57. The topological polar surface area (TPSA) is 108 Å². The number of nitro groups is 1. The molecular weight excluding hydrogens is 312 g/mol. The Bertz CT molecular complexity index is 708. The highest BCUT2D eigenvalue weighted by Gasteiger charge is 2.24. The van der Waals surface area contributed by atoms with Gasteiger partial charge in [-0.05, 0) is 18.8 Å². The number of nitrogens with zero attached hydrogens (tertiary/aromatic N) is 5. The van der Waals surface area contributed by atoms with Crippen LogP contribution < -0.4 is 5.32 Å². The number of rotatable bonds is 6. The molecule has 22 heavy (non-hydrogen) atoms. The fourth-order valence-electron chi connectivity index (χ4n) is 1.84. The molecule has 2 heterocycles. The van der Waals surface area contributed by atoms with E-state index in [-0.39, 0.29) is 17.5 Å². The Hall–Kier alpha value is -2.42. The molecule has 2 aromatic heterocycles. The summed E-state index contributed by atoms with van der Waals surface area (Å²) in [7, 11) is 0. The number of carbonyl (C=O) groups is 1. The summed E-state index contributed by atoms with van der Waals surface area (Å²) in [4.78, 5) is 22.0. The van der Waals surface area contributed by atoms with Gasteiger partial charge in [0.05, 0.1) is 17.0 Å². The van der Waals surface area contributed by atoms with Crippen LogP contribution in [-0.4, -0.2) is 30.4 Å². The highest BCUT2D eigenvalue weighted by atomic mass is 35.5. The minimum Gasteiger partial charge on any atom is -0.358 e. The molecule has 1 amide bonds. The largest absolute Gasteiger partial charge is 0.408 e. The van der Waals surface area contributed by atoms with Gasteiger partial charge in [-0.3, -0.25) is 9.48 Å². The molecule has 0 saturated heterocycles. The van der Waals surface area contributed by atoms with E-state index in [2.05, 4.69) is 15.5 Å². The standard InChI is InChI=1S/C12H15ClN6O3/c1-3-17-6-9(5-15-17)4-14-10(20)7-18-8(2)11(13)12(16-18)19(21)22/h5-6H,3-4,7H2,1-2H3,(H,14,20). The first kappa shape index (κ1) is 16.0. The van der Waals surface area contributed by atoms with Crippen LogP contribution in [0.3, 0.4) is 0 Å². The van der Waals surface area contributed by atoms with E-state index in [0.29, 0.717) is 12.2 Å². The third-order valence-electron chi connectivity index (χ3n) is 3.08. The highest BCUT2D eigenvalue weighted by molar-refractivity contribution is 6.33. The van der Waals surface area contributed by atoms with Crippen molar-refractivity contribution in [1.82, 2.24) is 24.9 Å². The van der Waals surface area contributed by atoms with Crippen molar-refractivity contribution in [2.75, 3.05) is 0 Å². The first-order chi connectivity index (χ1) is 10.4. The number of aryl methyl sites for hydroxylation is 1. The van der Waals surface area contributed by atoms with Crippen LogP contribution in [-0.2, 0) is 24.4 Å². The van der Waals surface area contributed by atoms with Crippen molar-refractivity contribution in [1.29, 1.82) is 0 Å². The number of carbonyl (C=O) groups excluding carboxylic acids is 1. The molecule has 0 unspecified atom stereocenters. The van der Waals surface area contributed by atoms with Crippen LogP contribution >= 0.6 is 11.6 Å². The lowest BCUT2D eigenvalue weighted by atomic mass is 10.3. The van der Waals surface area contributed by atoms with E-state index in [4.69, 9.17) is 11.6 Å². The monoisotopic (exact) mass is 326 g/mol. The number of hydrogen-bond donors (Lipinski definition) is 1. The molecule has 0 radical (unpaired) electrons. The number of halogens is 1. The third kappa shape index (κ3) is 3.42. The summed E-state index contributed by atoms with van der Waals surface area (Å²) in [6.45, 7) is 4.48. The van der Waals surface area contributed by atoms with Crippen molar-refractivity contribution in [3.63, 3.8) is 0 Å². The third-order valence-corrected chi connectivity index (χ3v) is 3.53. The second-order valence-electron chi connectivity index (χ2n) is 4.62. The minimum atomic E-state index is -0.678. The molecule has 0 aromatic carbocycles. The van der Waals surface area contributed by atoms with E-state index >= 15 is 0 Å². The molecule has 0 bridgehead atoms. The van der Waals surface area contributed by atoms with Crippen molar-refractivity contribution in [2.45, 2.75) is 33.5 Å². The van der Waals surface area contributed by atoms with Gasteiger partial charge in [0.15, 0.2) is 5.02 Å². The van der Waals surface area contributed by atoms with Gasteiger partial charge in [0.1, 0.15) is 6.54 Å². The minimum absolute atomic E-state index is 0.0537. The molecule has 1 N–H and O–H groups in total. The summed E-state index contributed by atoms with van der Waals surface area (Å²) in [5.41, 5.74) is 1.25. The van der Waals surface area contributed by atoms with Gasteiger partial charge in [-0.15, -0.1) is 0 Å². The molecule has 2 rings (SSSR count). The summed E-state index contributed by atoms with van der Waals surface area (Å²) in [6, 6.07) is 0. The van der Waals surface area contributed by atoms with Gasteiger partial charge in [0.25, 0.3) is 0 Å². The van der Waals surface area contributed by atoms with Gasteiger partial charge >= 0.3 is 5.82 Å². The van der Waals surface area contributed by atoms with E-state index in [1.165, 1.54) is 4.68 Å². The lowest BCUT2D eigenvalue weighted by Gasteiger charge is -2.03. The maximum atomic E-state index is 11.9. The molecule has 0 spiro atoms. The highest BCUT2D eigenvalue weighted by Crippen LogP contribution is 2.26. The van der Waals surface area contributed by atoms with Gasteiger partial charge in [0.2, 0.25) is 5.91 Å². The van der Waals surface area contributed by atoms with Gasteiger partial charge in [-0.25, -0.2) is 0 Å². The number of amides is 1. The zero-order valence-corrected chi connectivity index (χ0v) is 12.9. The van der Waals surface area contributed by atoms with Crippen LogP contribution in [0, 0.1) is 17.0 Å². The lowest BCUT2D eigenvalue weighted by molar-refractivity contribution is -0.389. The zero-order chi connectivity index (χ0) is 16.3. The molecule has 0 aliphatic carbocycles. The van der Waals surface area contributed by atoms with Crippen LogP contribution in [0.15, 0.2) is 12.4 Å². The summed E-state index contributed by atoms with van der Waals surface area (Å²) >= 11 is 5.82. The van der Waals surface area contributed by atoms with Crippen molar-refractivity contribution in [2.24, 2.45) is 0 Å². The smallest absolute Gasteiger partial charge is 0.358 e. The Labute approximate surface area is 131 Å². The van der Waals surface area contributed by atoms with Gasteiger partial charge in [-0.1, -0.05) is 11.6 Å². The van der Waals surface area contributed by atoms with E-state index < -0.39 is 10.7 Å². The van der Waals surface area contributed by atoms with Gasteiger partial charge in [0, 0.05) is 24.8 Å². The molecular formula is C12H15ClN6O3. The first-order valence-corrected chi connectivity index (χ1v) is 6.95. The molecule has 0 saturated carbocycles. The number of aromatic nitrogens is 4. The quantitative estimate of drug-likeness (QED) is 0.635. The second-order valence-corrected chi connectivity index (χ2v) is 5.00. The predicted octanol–water partition coefficient (Wildman–Crippen LogP) is 1.29. The Morgan fingerprint density at radius 3 is 2.82 bits per heavy atom. The second kappa shape index (κ2) is 6.56. The molecule has 10 heteroatoms. The van der Waals surface area contributed by atoms with Crippen LogP contribution in [0.5, 0.6) is 0 Å². The maximum absolute atomic E-state index is 11.9. The Morgan fingerprint density at radius 1 is 1.55 bits per heavy atom. The van der Waals surface area contributed by atoms with Crippen LogP contribution in [0.2, 0.25) is 5.02 Å². The summed E-state index contributed by atoms with van der Waals surface area (Å²) < 4.78 is 2.97. The summed E-state index contributed by atoms with van der Waals surface area (Å²) in [5.74, 6) is -0.766. The fourth-order valence-corrected chi connectivity index (χ4v) is 2.05. The average molecular weight is 327 g/mol. The van der Waals surface area contributed by atoms with E-state index in [0.717, 1.165) is 12.1 Å². The SMILES string of the molecule is CCn1cc(CNC(=O)Cn2nc([N+](=O)[O-])c(Cl)c2C)cn1. The Balaban J connectivity index is 1.97. The molecule has 0 aliphatic rings. The van der Waals surface area contributed by atoms with Gasteiger partial charge in [-0.2, -0.15) is 9.78 Å². The van der Waals surface area contributed by atoms with Crippen LogP contribution in [0.1, 0.15) is 18.2 Å². The normalized spacial score (nSPS) is 10.7. The lowest BCUT2D eigenvalue weighted by Crippen LogP contribution is -2.27. The van der Waals surface area contributed by atoms with Crippen molar-refractivity contribution < 1.29 is 9.72 Å². The average Bonchev–Trinajstić information content (AvgIpc) is 3.05. The Kier molecular flexibility index (Phi) is 4.76. The summed E-state index contributed by atoms with van der Waals surface area (Å²) in [6.07, 6.45) is 3.51. The van der Waals surface area contributed by atoms with E-state index in [1.54, 1.807) is 17.8 Å². The molecule has 118 valence electrons. The molecule has 0 aliphatic heterocycles. The predicted molar refractivity (Wildman–Crippen MR) is 78.4 cm³/mol. The number of nitrogens with one attached hydrogen (secondary N) is 1. The van der Waals surface area contributed by atoms with Crippen molar-refractivity contribution >= 4 is 23.3 Å².